The van der Waals surface area contributed by atoms with E-state index >= 15 is 0 Å². The highest BCUT2D eigenvalue weighted by Crippen LogP contribution is 2.28. The molecule has 2 rings (SSSR count). The normalized spacial score (nSPS) is 10.2. The van der Waals surface area contributed by atoms with Gasteiger partial charge in [0.1, 0.15) is 12.3 Å². The van der Waals surface area contributed by atoms with Crippen LogP contribution in [0.4, 0.5) is 5.13 Å². The molecule has 21 heavy (non-hydrogen) atoms. The zero-order valence-electron chi connectivity index (χ0n) is 11.6. The maximum absolute atomic E-state index is 11.2. The van der Waals surface area contributed by atoms with Crippen LogP contribution in [0.15, 0.2) is 18.2 Å². The lowest BCUT2D eigenvalue weighted by atomic mass is 10.3. The number of methoxy groups -OCH3 is 1. The molecule has 0 atom stereocenters. The molecule has 112 valence electrons. The lowest BCUT2D eigenvalue weighted by Crippen LogP contribution is -2.33. The highest BCUT2D eigenvalue weighted by atomic mass is 32.1. The van der Waals surface area contributed by atoms with E-state index in [1.54, 1.807) is 14.0 Å². The summed E-state index contributed by atoms with van der Waals surface area (Å²) in [5.41, 5.74) is 0.858. The third-order valence-corrected chi connectivity index (χ3v) is 3.69. The van der Waals surface area contributed by atoms with Crippen LogP contribution in [0.3, 0.4) is 0 Å². The molecule has 0 saturated heterocycles. The van der Waals surface area contributed by atoms with E-state index < -0.39 is 0 Å². The number of nitrogens with one attached hydrogen (secondary N) is 2. The molecule has 0 unspecified atom stereocenters. The summed E-state index contributed by atoms with van der Waals surface area (Å²) >= 11 is 6.56. The molecule has 0 fully saturated rings. The highest BCUT2D eigenvalue weighted by molar-refractivity contribution is 7.80. The van der Waals surface area contributed by atoms with Crippen molar-refractivity contribution in [1.82, 2.24) is 10.3 Å². The smallest absolute Gasteiger partial charge is 0.325 e. The summed E-state index contributed by atoms with van der Waals surface area (Å²) in [7, 11) is 1.62. The number of nitrogens with zero attached hydrogens (tertiary/aromatic N) is 1. The van der Waals surface area contributed by atoms with E-state index in [0.717, 1.165) is 16.0 Å². The standard InChI is InChI=1S/C13H15N3O3S2/c1-3-19-11(17)7-14-12(20)16-13-15-9-5-4-8(18-2)6-10(9)21-13/h4-6H,3,7H2,1-2H3,(H2,14,15,16,20). The Balaban J connectivity index is 1.96. The molecule has 6 nitrogen and oxygen atoms in total. The number of carbonyl (C=O) groups is 1. The van der Waals surface area contributed by atoms with Crippen molar-refractivity contribution in [2.75, 3.05) is 25.6 Å². The summed E-state index contributed by atoms with van der Waals surface area (Å²) in [4.78, 5) is 15.6. The second kappa shape index (κ2) is 7.19. The fourth-order valence-electron chi connectivity index (χ4n) is 1.59. The molecule has 0 aliphatic rings. The topological polar surface area (TPSA) is 72.5 Å². The first-order chi connectivity index (χ1) is 10.1. The number of carbonyl (C=O) groups excluding carboxylic acids is 1. The fourth-order valence-corrected chi connectivity index (χ4v) is 2.72. The van der Waals surface area contributed by atoms with Gasteiger partial charge in [-0.2, -0.15) is 0 Å². The Hall–Kier alpha value is -1.93. The van der Waals surface area contributed by atoms with Crippen molar-refractivity contribution in [1.29, 1.82) is 0 Å². The van der Waals surface area contributed by atoms with Gasteiger partial charge >= 0.3 is 5.97 Å². The summed E-state index contributed by atoms with van der Waals surface area (Å²) in [6, 6.07) is 5.64. The van der Waals surface area contributed by atoms with Gasteiger partial charge in [-0.15, -0.1) is 0 Å². The van der Waals surface area contributed by atoms with Crippen molar-refractivity contribution >= 4 is 50.0 Å². The second-order valence-corrected chi connectivity index (χ2v) is 5.40. The molecule has 1 aromatic carbocycles. The average molecular weight is 325 g/mol. The van der Waals surface area contributed by atoms with Gasteiger partial charge in [-0.25, -0.2) is 4.98 Å². The Bertz CT molecular complexity index is 657. The van der Waals surface area contributed by atoms with Gasteiger partial charge in [-0.3, -0.25) is 4.79 Å². The van der Waals surface area contributed by atoms with Crippen LogP contribution in [0.2, 0.25) is 0 Å². The minimum Gasteiger partial charge on any atom is -0.497 e. The number of esters is 1. The van der Waals surface area contributed by atoms with Gasteiger partial charge < -0.3 is 20.1 Å². The molecule has 2 N–H and O–H groups in total. The molecular formula is C13H15N3O3S2. The molecular weight excluding hydrogens is 310 g/mol. The van der Waals surface area contributed by atoms with Crippen LogP contribution in [0.1, 0.15) is 6.92 Å². The number of aromatic nitrogens is 1. The quantitative estimate of drug-likeness (QED) is 0.644. The number of thiazole rings is 1. The third-order valence-electron chi connectivity index (χ3n) is 2.51. The molecule has 0 amide bonds. The Kier molecular flexibility index (Phi) is 5.29. The van der Waals surface area contributed by atoms with E-state index in [-0.39, 0.29) is 12.5 Å². The van der Waals surface area contributed by atoms with E-state index in [9.17, 15) is 4.79 Å². The lowest BCUT2D eigenvalue weighted by molar-refractivity contribution is -0.141. The first-order valence-corrected chi connectivity index (χ1v) is 7.50. The van der Waals surface area contributed by atoms with E-state index in [4.69, 9.17) is 21.7 Å². The van der Waals surface area contributed by atoms with Crippen LogP contribution in [-0.4, -0.2) is 36.3 Å². The van der Waals surface area contributed by atoms with Crippen molar-refractivity contribution in [2.45, 2.75) is 6.92 Å². The van der Waals surface area contributed by atoms with E-state index in [1.807, 2.05) is 18.2 Å². The molecule has 2 aromatic rings. The highest BCUT2D eigenvalue weighted by Gasteiger charge is 2.08. The summed E-state index contributed by atoms with van der Waals surface area (Å²) in [5, 5.41) is 6.70. The maximum Gasteiger partial charge on any atom is 0.325 e. The monoisotopic (exact) mass is 325 g/mol. The molecule has 0 aliphatic heterocycles. The number of hydrogen-bond donors (Lipinski definition) is 2. The molecule has 1 aromatic heterocycles. The van der Waals surface area contributed by atoms with Crippen LogP contribution < -0.4 is 15.4 Å². The van der Waals surface area contributed by atoms with Crippen molar-refractivity contribution < 1.29 is 14.3 Å². The molecule has 0 spiro atoms. The molecule has 0 aliphatic carbocycles. The van der Waals surface area contributed by atoms with Gasteiger partial charge in [0.05, 0.1) is 23.9 Å². The fraction of sp³-hybridized carbons (Fsp3) is 0.308. The third kappa shape index (κ3) is 4.27. The van der Waals surface area contributed by atoms with E-state index in [2.05, 4.69) is 15.6 Å². The maximum atomic E-state index is 11.2. The predicted octanol–water partition coefficient (Wildman–Crippen LogP) is 2.15. The number of hydrogen-bond acceptors (Lipinski definition) is 6. The Labute approximate surface area is 131 Å². The van der Waals surface area contributed by atoms with Crippen LogP contribution in [0.25, 0.3) is 10.2 Å². The van der Waals surface area contributed by atoms with Crippen molar-refractivity contribution in [3.8, 4) is 5.75 Å². The zero-order valence-corrected chi connectivity index (χ0v) is 13.3. The van der Waals surface area contributed by atoms with Gasteiger partial charge in [-0.05, 0) is 37.3 Å². The Morgan fingerprint density at radius 2 is 2.29 bits per heavy atom. The molecule has 0 bridgehead atoms. The number of benzene rings is 1. The molecule has 1 heterocycles. The van der Waals surface area contributed by atoms with Crippen molar-refractivity contribution in [2.24, 2.45) is 0 Å². The molecule has 8 heteroatoms. The Morgan fingerprint density at radius 3 is 3.00 bits per heavy atom. The number of fused-ring (bicyclic) bond motifs is 1. The SMILES string of the molecule is CCOC(=O)CNC(=S)Nc1nc2ccc(OC)cc2s1. The van der Waals surface area contributed by atoms with E-state index in [0.29, 0.717) is 16.9 Å². The summed E-state index contributed by atoms with van der Waals surface area (Å²) in [6.45, 7) is 2.13. The lowest BCUT2D eigenvalue weighted by Gasteiger charge is -2.07. The number of ether oxygens (including phenoxy) is 2. The Morgan fingerprint density at radius 1 is 1.48 bits per heavy atom. The summed E-state index contributed by atoms with van der Waals surface area (Å²) < 4.78 is 11.0. The first-order valence-electron chi connectivity index (χ1n) is 6.27. The second-order valence-electron chi connectivity index (χ2n) is 3.97. The minimum absolute atomic E-state index is 0.0262. The minimum atomic E-state index is -0.351. The number of rotatable bonds is 5. The number of anilines is 1. The first kappa shape index (κ1) is 15.5. The average Bonchev–Trinajstić information content (AvgIpc) is 2.86. The van der Waals surface area contributed by atoms with Gasteiger partial charge in [-0.1, -0.05) is 11.3 Å². The largest absolute Gasteiger partial charge is 0.497 e. The van der Waals surface area contributed by atoms with Crippen LogP contribution >= 0.6 is 23.6 Å². The van der Waals surface area contributed by atoms with E-state index in [1.165, 1.54) is 11.3 Å². The van der Waals surface area contributed by atoms with Gasteiger partial charge in [0.15, 0.2) is 10.2 Å². The van der Waals surface area contributed by atoms with Gasteiger partial charge in [0.25, 0.3) is 0 Å². The predicted molar refractivity (Wildman–Crippen MR) is 87.0 cm³/mol. The van der Waals surface area contributed by atoms with Gasteiger partial charge in [0.2, 0.25) is 0 Å². The summed E-state index contributed by atoms with van der Waals surface area (Å²) in [6.07, 6.45) is 0. The molecule has 0 radical (unpaired) electrons. The van der Waals surface area contributed by atoms with Gasteiger partial charge in [0, 0.05) is 0 Å². The number of thiocarbonyl (C=S) groups is 1. The molecule has 0 saturated carbocycles. The van der Waals surface area contributed by atoms with Crippen molar-refractivity contribution in [3.05, 3.63) is 18.2 Å². The van der Waals surface area contributed by atoms with Crippen LogP contribution in [-0.2, 0) is 9.53 Å². The summed E-state index contributed by atoms with van der Waals surface area (Å²) in [5.74, 6) is 0.427. The van der Waals surface area contributed by atoms with Crippen molar-refractivity contribution in [3.63, 3.8) is 0 Å². The zero-order chi connectivity index (χ0) is 15.2. The van der Waals surface area contributed by atoms with Crippen LogP contribution in [0, 0.1) is 0 Å². The van der Waals surface area contributed by atoms with Crippen LogP contribution in [0.5, 0.6) is 5.75 Å².